The van der Waals surface area contributed by atoms with Gasteiger partial charge in [0.05, 0.1) is 16.3 Å². The van der Waals surface area contributed by atoms with Gasteiger partial charge < -0.3 is 0 Å². The summed E-state index contributed by atoms with van der Waals surface area (Å²) in [5.41, 5.74) is 5.19. The van der Waals surface area contributed by atoms with Gasteiger partial charge >= 0.3 is 0 Å². The molecule has 142 valence electrons. The Morgan fingerprint density at radius 2 is 1.41 bits per heavy atom. The number of benzene rings is 3. The standard InChI is InChI=1S/C25H20N2OS/c1-19-15-17-22(18-16-19)29(28)27-25(21-11-6-3-7-12-21)24-14-8-13-23(26-24)20-9-4-2-5-10-20/h2-18H,1H3/b27-25+. The monoisotopic (exact) mass is 396 g/mol. The summed E-state index contributed by atoms with van der Waals surface area (Å²) in [5, 5.41) is 0. The zero-order valence-electron chi connectivity index (χ0n) is 16.0. The number of nitrogens with zero attached hydrogens (tertiary/aromatic N) is 2. The van der Waals surface area contributed by atoms with E-state index in [1.165, 1.54) is 0 Å². The summed E-state index contributed by atoms with van der Waals surface area (Å²) in [6, 6.07) is 33.2. The molecule has 1 aromatic heterocycles. The molecule has 29 heavy (non-hydrogen) atoms. The third-order valence-electron chi connectivity index (χ3n) is 4.51. The molecule has 3 nitrogen and oxygen atoms in total. The average Bonchev–Trinajstić information content (AvgIpc) is 2.79. The average molecular weight is 397 g/mol. The maximum absolute atomic E-state index is 13.0. The second-order valence-electron chi connectivity index (χ2n) is 6.64. The molecule has 1 atom stereocenters. The molecule has 1 unspecified atom stereocenters. The predicted octanol–water partition coefficient (Wildman–Crippen LogP) is 5.62. The minimum absolute atomic E-state index is 0.613. The second-order valence-corrected chi connectivity index (χ2v) is 7.79. The molecule has 0 N–H and O–H groups in total. The zero-order chi connectivity index (χ0) is 20.1. The van der Waals surface area contributed by atoms with Crippen LogP contribution in [0.3, 0.4) is 0 Å². The Labute approximate surface area is 173 Å². The Morgan fingerprint density at radius 1 is 0.759 bits per heavy atom. The van der Waals surface area contributed by atoms with Gasteiger partial charge in [-0.05, 0) is 31.2 Å². The van der Waals surface area contributed by atoms with Crippen LogP contribution in [0.5, 0.6) is 0 Å². The van der Waals surface area contributed by atoms with Gasteiger partial charge in [-0.3, -0.25) is 0 Å². The smallest absolute Gasteiger partial charge is 0.173 e. The minimum atomic E-state index is -1.53. The Bertz CT molecular complexity index is 1150. The fourth-order valence-electron chi connectivity index (χ4n) is 2.97. The molecular weight excluding hydrogens is 376 g/mol. The molecule has 0 saturated heterocycles. The van der Waals surface area contributed by atoms with E-state index in [4.69, 9.17) is 4.98 Å². The van der Waals surface area contributed by atoms with Gasteiger partial charge in [0.25, 0.3) is 0 Å². The van der Waals surface area contributed by atoms with Crippen LogP contribution in [0.4, 0.5) is 0 Å². The van der Waals surface area contributed by atoms with Crippen molar-refractivity contribution in [1.29, 1.82) is 0 Å². The number of pyridine rings is 1. The molecule has 4 aromatic rings. The van der Waals surface area contributed by atoms with Crippen molar-refractivity contribution in [2.24, 2.45) is 4.40 Å². The summed E-state index contributed by atoms with van der Waals surface area (Å²) in [5.74, 6) is 0. The predicted molar refractivity (Wildman–Crippen MR) is 119 cm³/mol. The molecule has 0 aliphatic rings. The third-order valence-corrected chi connectivity index (χ3v) is 5.53. The molecule has 0 spiro atoms. The van der Waals surface area contributed by atoms with E-state index in [2.05, 4.69) is 4.40 Å². The van der Waals surface area contributed by atoms with Crippen LogP contribution in [0.2, 0.25) is 0 Å². The highest BCUT2D eigenvalue weighted by Crippen LogP contribution is 2.20. The Hall–Kier alpha value is -3.37. The van der Waals surface area contributed by atoms with Crippen LogP contribution in [-0.2, 0) is 11.0 Å². The van der Waals surface area contributed by atoms with Crippen LogP contribution in [0.15, 0.2) is 112 Å². The lowest BCUT2D eigenvalue weighted by atomic mass is 10.1. The van der Waals surface area contributed by atoms with Crippen molar-refractivity contribution in [3.8, 4) is 11.3 Å². The van der Waals surface area contributed by atoms with Crippen molar-refractivity contribution in [3.05, 3.63) is 120 Å². The third kappa shape index (κ3) is 4.55. The molecule has 0 saturated carbocycles. The Morgan fingerprint density at radius 3 is 2.10 bits per heavy atom. The van der Waals surface area contributed by atoms with Gasteiger partial charge in [0.2, 0.25) is 0 Å². The molecular formula is C25H20N2OS. The minimum Gasteiger partial charge on any atom is -0.246 e. The number of aryl methyl sites for hydroxylation is 1. The largest absolute Gasteiger partial charge is 0.246 e. The topological polar surface area (TPSA) is 42.3 Å². The number of aromatic nitrogens is 1. The van der Waals surface area contributed by atoms with Crippen LogP contribution < -0.4 is 0 Å². The Kier molecular flexibility index (Phi) is 5.73. The lowest BCUT2D eigenvalue weighted by Crippen LogP contribution is -2.08. The molecule has 4 rings (SSSR count). The van der Waals surface area contributed by atoms with Crippen LogP contribution in [0, 0.1) is 6.92 Å². The summed E-state index contributed by atoms with van der Waals surface area (Å²) in [7, 11) is -1.53. The molecule has 0 radical (unpaired) electrons. The first kappa shape index (κ1) is 19.0. The molecule has 3 aromatic carbocycles. The van der Waals surface area contributed by atoms with E-state index in [0.717, 1.165) is 22.4 Å². The normalized spacial score (nSPS) is 12.5. The molecule has 0 amide bonds. The van der Waals surface area contributed by atoms with Crippen molar-refractivity contribution < 1.29 is 4.21 Å². The fraction of sp³-hybridized carbons (Fsp3) is 0.0400. The lowest BCUT2D eigenvalue weighted by molar-refractivity contribution is 0.684. The van der Waals surface area contributed by atoms with Gasteiger partial charge in [0, 0.05) is 11.1 Å². The van der Waals surface area contributed by atoms with Crippen LogP contribution >= 0.6 is 0 Å². The first-order chi connectivity index (χ1) is 14.2. The number of hydrogen-bond donors (Lipinski definition) is 0. The summed E-state index contributed by atoms with van der Waals surface area (Å²) in [6.45, 7) is 2.00. The molecule has 4 heteroatoms. The quantitative estimate of drug-likeness (QED) is 0.411. The molecule has 0 aliphatic carbocycles. The van der Waals surface area contributed by atoms with Crippen LogP contribution in [0.25, 0.3) is 11.3 Å². The lowest BCUT2D eigenvalue weighted by Gasteiger charge is -2.09. The summed E-state index contributed by atoms with van der Waals surface area (Å²) >= 11 is 0. The summed E-state index contributed by atoms with van der Waals surface area (Å²) in [4.78, 5) is 5.48. The van der Waals surface area contributed by atoms with Crippen LogP contribution in [-0.4, -0.2) is 14.9 Å². The molecule has 0 fully saturated rings. The molecule has 0 bridgehead atoms. The van der Waals surface area contributed by atoms with Gasteiger partial charge in [0.1, 0.15) is 5.71 Å². The van der Waals surface area contributed by atoms with E-state index in [0.29, 0.717) is 16.3 Å². The van der Waals surface area contributed by atoms with E-state index in [1.54, 1.807) is 0 Å². The maximum Gasteiger partial charge on any atom is 0.173 e. The van der Waals surface area contributed by atoms with E-state index in [-0.39, 0.29) is 0 Å². The van der Waals surface area contributed by atoms with Crippen molar-refractivity contribution in [1.82, 2.24) is 4.98 Å². The van der Waals surface area contributed by atoms with E-state index in [9.17, 15) is 4.21 Å². The van der Waals surface area contributed by atoms with Crippen molar-refractivity contribution in [2.75, 3.05) is 0 Å². The van der Waals surface area contributed by atoms with Crippen LogP contribution in [0.1, 0.15) is 16.8 Å². The highest BCUT2D eigenvalue weighted by atomic mass is 32.2. The second kappa shape index (κ2) is 8.76. The fourth-order valence-corrected chi connectivity index (χ4v) is 3.81. The van der Waals surface area contributed by atoms with Crippen molar-refractivity contribution >= 4 is 16.7 Å². The zero-order valence-corrected chi connectivity index (χ0v) is 16.8. The highest BCUT2D eigenvalue weighted by Gasteiger charge is 2.13. The van der Waals surface area contributed by atoms with Gasteiger partial charge in [-0.25, -0.2) is 9.19 Å². The first-order valence-electron chi connectivity index (χ1n) is 9.36. The summed E-state index contributed by atoms with van der Waals surface area (Å²) in [6.07, 6.45) is 0. The van der Waals surface area contributed by atoms with Gasteiger partial charge in [-0.15, -0.1) is 0 Å². The van der Waals surface area contributed by atoms with E-state index < -0.39 is 11.0 Å². The highest BCUT2D eigenvalue weighted by molar-refractivity contribution is 7.84. The first-order valence-corrected chi connectivity index (χ1v) is 10.5. The van der Waals surface area contributed by atoms with E-state index in [1.807, 2.05) is 110 Å². The van der Waals surface area contributed by atoms with Crippen molar-refractivity contribution in [2.45, 2.75) is 11.8 Å². The molecule has 0 aliphatic heterocycles. The van der Waals surface area contributed by atoms with Gasteiger partial charge in [-0.1, -0.05) is 84.4 Å². The SMILES string of the molecule is Cc1ccc(S(=O)/N=C(\c2ccccc2)c2cccc(-c3ccccc3)n2)cc1. The Balaban J connectivity index is 1.80. The van der Waals surface area contributed by atoms with Crippen molar-refractivity contribution in [3.63, 3.8) is 0 Å². The number of rotatable bonds is 5. The molecule has 1 heterocycles. The number of hydrogen-bond acceptors (Lipinski definition) is 2. The van der Waals surface area contributed by atoms with E-state index >= 15 is 0 Å². The maximum atomic E-state index is 13.0. The van der Waals surface area contributed by atoms with Gasteiger partial charge in [-0.2, -0.15) is 4.40 Å². The van der Waals surface area contributed by atoms with Gasteiger partial charge in [0.15, 0.2) is 11.0 Å². The summed E-state index contributed by atoms with van der Waals surface area (Å²) < 4.78 is 17.5.